The van der Waals surface area contributed by atoms with Crippen molar-refractivity contribution >= 4 is 28.8 Å². The monoisotopic (exact) mass is 468 g/mol. The van der Waals surface area contributed by atoms with Gasteiger partial charge in [0.1, 0.15) is 11.4 Å². The second-order valence-electron chi connectivity index (χ2n) is 10.2. The van der Waals surface area contributed by atoms with Crippen LogP contribution in [0.3, 0.4) is 0 Å². The van der Waals surface area contributed by atoms with E-state index < -0.39 is 0 Å². The number of anilines is 2. The van der Waals surface area contributed by atoms with Crippen molar-refractivity contribution in [3.63, 3.8) is 0 Å². The summed E-state index contributed by atoms with van der Waals surface area (Å²) in [7, 11) is 0. The number of carbonyl (C=O) groups is 2. The van der Waals surface area contributed by atoms with E-state index in [0.29, 0.717) is 22.5 Å². The van der Waals surface area contributed by atoms with Gasteiger partial charge < -0.3 is 10.1 Å². The van der Waals surface area contributed by atoms with Crippen molar-refractivity contribution in [1.29, 1.82) is 0 Å². The fraction of sp³-hybridized carbons (Fsp3) is 0.267. The zero-order chi connectivity index (χ0) is 25.3. The molecule has 0 spiro atoms. The van der Waals surface area contributed by atoms with Gasteiger partial charge in [-0.1, -0.05) is 62.7 Å². The second kappa shape index (κ2) is 9.41. The number of benzene rings is 3. The van der Waals surface area contributed by atoms with E-state index in [9.17, 15) is 9.59 Å². The van der Waals surface area contributed by atoms with Gasteiger partial charge in [-0.15, -0.1) is 0 Å². The maximum atomic E-state index is 13.6. The fourth-order valence-electron chi connectivity index (χ4n) is 4.01. The highest BCUT2D eigenvalue weighted by molar-refractivity contribution is 6.46. The van der Waals surface area contributed by atoms with Gasteiger partial charge in [-0.05, 0) is 73.7 Å². The molecule has 5 heteroatoms. The molecule has 0 radical (unpaired) electrons. The van der Waals surface area contributed by atoms with Crippen molar-refractivity contribution in [2.24, 2.45) is 0 Å². The molecule has 0 saturated heterocycles. The van der Waals surface area contributed by atoms with Crippen LogP contribution in [-0.4, -0.2) is 17.9 Å². The third-order valence-electron chi connectivity index (χ3n) is 5.91. The summed E-state index contributed by atoms with van der Waals surface area (Å²) in [6, 6.07) is 22.6. The normalized spacial score (nSPS) is 14.2. The summed E-state index contributed by atoms with van der Waals surface area (Å²) in [5.74, 6) is 0.0221. The summed E-state index contributed by atoms with van der Waals surface area (Å²) in [5, 5.41) is 3.21. The Hall–Kier alpha value is -3.86. The number of aryl methyl sites for hydroxylation is 1. The van der Waals surface area contributed by atoms with Crippen LogP contribution in [0.2, 0.25) is 0 Å². The van der Waals surface area contributed by atoms with E-state index in [0.717, 1.165) is 16.9 Å². The first-order valence-electron chi connectivity index (χ1n) is 11.9. The third-order valence-corrected chi connectivity index (χ3v) is 5.91. The SMILES string of the molecule is Cc1ccc(C2=C(Nc3ccc(OC(C)C)cc3)C(=O)N(c3ccc(C(C)(C)C)cc3)C2=O)cc1. The molecule has 2 amide bonds. The number of ether oxygens (including phenoxy) is 1. The molecule has 1 N–H and O–H groups in total. The Morgan fingerprint density at radius 1 is 0.800 bits per heavy atom. The van der Waals surface area contributed by atoms with Crippen LogP contribution < -0.4 is 15.0 Å². The number of nitrogens with zero attached hydrogens (tertiary/aromatic N) is 1. The topological polar surface area (TPSA) is 58.6 Å². The van der Waals surface area contributed by atoms with Gasteiger partial charge in [-0.3, -0.25) is 9.59 Å². The molecule has 1 aliphatic heterocycles. The Labute approximate surface area is 207 Å². The average molecular weight is 469 g/mol. The van der Waals surface area contributed by atoms with Crippen molar-refractivity contribution in [1.82, 2.24) is 0 Å². The highest BCUT2D eigenvalue weighted by atomic mass is 16.5. The largest absolute Gasteiger partial charge is 0.491 e. The molecule has 0 fully saturated rings. The van der Waals surface area contributed by atoms with Crippen LogP contribution in [0, 0.1) is 6.92 Å². The predicted molar refractivity (Wildman–Crippen MR) is 142 cm³/mol. The summed E-state index contributed by atoms with van der Waals surface area (Å²) in [6.45, 7) is 12.3. The van der Waals surface area contributed by atoms with Crippen LogP contribution in [0.5, 0.6) is 5.75 Å². The van der Waals surface area contributed by atoms with Crippen molar-refractivity contribution < 1.29 is 14.3 Å². The highest BCUT2D eigenvalue weighted by Crippen LogP contribution is 2.35. The third kappa shape index (κ3) is 5.14. The van der Waals surface area contributed by atoms with E-state index in [1.54, 1.807) is 0 Å². The Kier molecular flexibility index (Phi) is 6.53. The molecule has 0 bridgehead atoms. The Morgan fingerprint density at radius 2 is 1.40 bits per heavy atom. The lowest BCUT2D eigenvalue weighted by Gasteiger charge is -2.21. The fourth-order valence-corrected chi connectivity index (χ4v) is 4.01. The lowest BCUT2D eigenvalue weighted by molar-refractivity contribution is -0.120. The number of carbonyl (C=O) groups excluding carboxylic acids is 2. The number of imide groups is 1. The minimum absolute atomic E-state index is 0.0268. The van der Waals surface area contributed by atoms with Crippen LogP contribution >= 0.6 is 0 Å². The molecular weight excluding hydrogens is 436 g/mol. The Bertz CT molecular complexity index is 1260. The van der Waals surface area contributed by atoms with Gasteiger partial charge in [0.15, 0.2) is 0 Å². The second-order valence-corrected chi connectivity index (χ2v) is 10.2. The minimum Gasteiger partial charge on any atom is -0.491 e. The molecule has 0 atom stereocenters. The van der Waals surface area contributed by atoms with Gasteiger partial charge in [0.05, 0.1) is 17.4 Å². The molecule has 0 aliphatic carbocycles. The maximum Gasteiger partial charge on any atom is 0.282 e. The first kappa shape index (κ1) is 24.3. The molecule has 4 rings (SSSR count). The Balaban J connectivity index is 1.72. The van der Waals surface area contributed by atoms with Crippen LogP contribution in [0.1, 0.15) is 51.3 Å². The van der Waals surface area contributed by atoms with Gasteiger partial charge in [-0.25, -0.2) is 4.90 Å². The van der Waals surface area contributed by atoms with E-state index in [4.69, 9.17) is 4.74 Å². The molecule has 5 nitrogen and oxygen atoms in total. The van der Waals surface area contributed by atoms with E-state index in [2.05, 4.69) is 26.1 Å². The number of hydrogen-bond acceptors (Lipinski definition) is 4. The molecular formula is C30H32N2O3. The molecule has 1 heterocycles. The molecule has 3 aromatic rings. The van der Waals surface area contributed by atoms with Crippen molar-refractivity contribution in [2.75, 3.05) is 10.2 Å². The zero-order valence-corrected chi connectivity index (χ0v) is 21.2. The van der Waals surface area contributed by atoms with Gasteiger partial charge >= 0.3 is 0 Å². The molecule has 180 valence electrons. The molecule has 0 saturated carbocycles. The van der Waals surface area contributed by atoms with Gasteiger partial charge in [0, 0.05) is 5.69 Å². The van der Waals surface area contributed by atoms with E-state index >= 15 is 0 Å². The first-order chi connectivity index (χ1) is 16.5. The van der Waals surface area contributed by atoms with Gasteiger partial charge in [-0.2, -0.15) is 0 Å². The predicted octanol–water partition coefficient (Wildman–Crippen LogP) is 6.48. The Morgan fingerprint density at radius 3 is 1.94 bits per heavy atom. The molecule has 1 aliphatic rings. The number of rotatable bonds is 6. The number of hydrogen-bond donors (Lipinski definition) is 1. The smallest absolute Gasteiger partial charge is 0.282 e. The molecule has 35 heavy (non-hydrogen) atoms. The summed E-state index contributed by atoms with van der Waals surface area (Å²) in [4.78, 5) is 28.5. The summed E-state index contributed by atoms with van der Waals surface area (Å²) >= 11 is 0. The molecule has 0 aromatic heterocycles. The van der Waals surface area contributed by atoms with Crippen molar-refractivity contribution in [2.45, 2.75) is 53.1 Å². The minimum atomic E-state index is -0.378. The van der Waals surface area contributed by atoms with Crippen LogP contribution in [0.15, 0.2) is 78.5 Å². The van der Waals surface area contributed by atoms with Gasteiger partial charge in [0.2, 0.25) is 0 Å². The maximum absolute atomic E-state index is 13.6. The van der Waals surface area contributed by atoms with Crippen molar-refractivity contribution in [3.8, 4) is 5.75 Å². The van der Waals surface area contributed by atoms with Crippen LogP contribution in [0.4, 0.5) is 11.4 Å². The highest BCUT2D eigenvalue weighted by Gasteiger charge is 2.40. The van der Waals surface area contributed by atoms with Crippen molar-refractivity contribution in [3.05, 3.63) is 95.2 Å². The average Bonchev–Trinajstić information content (AvgIpc) is 3.04. The lowest BCUT2D eigenvalue weighted by Crippen LogP contribution is -2.32. The van der Waals surface area contributed by atoms with Crippen LogP contribution in [0.25, 0.3) is 5.57 Å². The molecule has 0 unspecified atom stereocenters. The van der Waals surface area contributed by atoms with E-state index in [1.165, 1.54) is 4.90 Å². The summed E-state index contributed by atoms with van der Waals surface area (Å²) in [6.07, 6.45) is 0.0666. The summed E-state index contributed by atoms with van der Waals surface area (Å²) < 4.78 is 5.72. The zero-order valence-electron chi connectivity index (χ0n) is 21.2. The number of nitrogens with one attached hydrogen (secondary N) is 1. The standard InChI is InChI=1S/C30H32N2O3/c1-19(2)35-25-17-13-23(14-18-25)31-27-26(21-9-7-20(3)8-10-21)28(33)32(29(27)34)24-15-11-22(12-16-24)30(4,5)6/h7-19,31H,1-6H3. The number of amides is 2. The summed E-state index contributed by atoms with van der Waals surface area (Å²) in [5.41, 5.74) is 4.76. The lowest BCUT2D eigenvalue weighted by atomic mass is 9.87. The van der Waals surface area contributed by atoms with Crippen LogP contribution in [-0.2, 0) is 15.0 Å². The molecule has 3 aromatic carbocycles. The van der Waals surface area contributed by atoms with Gasteiger partial charge in [0.25, 0.3) is 11.8 Å². The first-order valence-corrected chi connectivity index (χ1v) is 11.9. The quantitative estimate of drug-likeness (QED) is 0.421. The van der Waals surface area contributed by atoms with E-state index in [-0.39, 0.29) is 29.0 Å². The van der Waals surface area contributed by atoms with E-state index in [1.807, 2.05) is 93.6 Å².